The maximum Gasteiger partial charge on any atom is 0.339 e. The largest absolute Gasteiger partial charge is 0.465 e. The maximum atomic E-state index is 12.5. The molecule has 1 aromatic carbocycles. The van der Waals surface area contributed by atoms with Crippen molar-refractivity contribution in [1.82, 2.24) is 19.8 Å². The van der Waals surface area contributed by atoms with Crippen LogP contribution in [0.1, 0.15) is 64.9 Å². The predicted molar refractivity (Wildman–Crippen MR) is 134 cm³/mol. The number of methoxy groups -OCH3 is 1. The molecule has 4 rings (SSSR count). The first kappa shape index (κ1) is 23.0. The molecule has 1 N–H and O–H groups in total. The number of aromatic nitrogens is 2. The van der Waals surface area contributed by atoms with Crippen LogP contribution in [0.5, 0.6) is 0 Å². The summed E-state index contributed by atoms with van der Waals surface area (Å²) in [5.41, 5.74) is 5.61. The molecule has 0 amide bonds. The van der Waals surface area contributed by atoms with Crippen molar-refractivity contribution in [2.24, 2.45) is 0 Å². The molecule has 3 aromatic rings. The highest BCUT2D eigenvalue weighted by Gasteiger charge is 2.41. The van der Waals surface area contributed by atoms with Crippen LogP contribution in [-0.4, -0.2) is 39.2 Å². The van der Waals surface area contributed by atoms with Crippen molar-refractivity contribution in [1.29, 1.82) is 0 Å². The monoisotopic (exact) mass is 462 g/mol. The fourth-order valence-electron chi connectivity index (χ4n) is 4.72. The average molecular weight is 463 g/mol. The van der Waals surface area contributed by atoms with E-state index in [4.69, 9.17) is 17.0 Å². The van der Waals surface area contributed by atoms with Crippen LogP contribution in [0, 0.1) is 13.8 Å². The number of carbonyl (C=O) groups is 1. The van der Waals surface area contributed by atoms with E-state index in [9.17, 15) is 4.79 Å². The fourth-order valence-corrected chi connectivity index (χ4v) is 5.05. The first-order chi connectivity index (χ1) is 16.0. The lowest BCUT2D eigenvalue weighted by atomic mass is 9.96. The van der Waals surface area contributed by atoms with Gasteiger partial charge in [-0.3, -0.25) is 4.98 Å². The van der Waals surface area contributed by atoms with Crippen LogP contribution in [0.4, 0.5) is 0 Å². The summed E-state index contributed by atoms with van der Waals surface area (Å²) in [4.78, 5) is 19.4. The van der Waals surface area contributed by atoms with Crippen molar-refractivity contribution in [3.8, 4) is 5.69 Å². The Kier molecular flexibility index (Phi) is 6.79. The third-order valence-electron chi connectivity index (χ3n) is 6.29. The Morgan fingerprint density at radius 1 is 1.18 bits per heavy atom. The Morgan fingerprint density at radius 3 is 2.64 bits per heavy atom. The highest BCUT2D eigenvalue weighted by Crippen LogP contribution is 2.41. The zero-order valence-electron chi connectivity index (χ0n) is 19.5. The highest BCUT2D eigenvalue weighted by atomic mass is 32.1. The molecule has 33 heavy (non-hydrogen) atoms. The van der Waals surface area contributed by atoms with E-state index < -0.39 is 0 Å². The van der Waals surface area contributed by atoms with Crippen molar-refractivity contribution >= 4 is 23.3 Å². The third-order valence-corrected chi connectivity index (χ3v) is 6.64. The number of pyridine rings is 1. The van der Waals surface area contributed by atoms with E-state index in [0.29, 0.717) is 5.56 Å². The van der Waals surface area contributed by atoms with Gasteiger partial charge >= 0.3 is 5.97 Å². The summed E-state index contributed by atoms with van der Waals surface area (Å²) in [5.74, 6) is -0.348. The molecule has 1 aliphatic rings. The number of thiocarbonyl (C=S) groups is 1. The maximum absolute atomic E-state index is 12.5. The zero-order valence-corrected chi connectivity index (χ0v) is 20.4. The van der Waals surface area contributed by atoms with E-state index in [1.54, 1.807) is 6.07 Å². The summed E-state index contributed by atoms with van der Waals surface area (Å²) in [6, 6.07) is 15.7. The van der Waals surface area contributed by atoms with Gasteiger partial charge in [-0.05, 0) is 68.4 Å². The SMILES string of the molecule is CCCCN1C(=S)NC(c2ccccn2)C1c1cc(C)n(-c2ccccc2C(=O)OC)c1C. The molecule has 2 unspecified atom stereocenters. The van der Waals surface area contributed by atoms with Crippen LogP contribution < -0.4 is 5.32 Å². The molecule has 6 nitrogen and oxygen atoms in total. The molecule has 0 radical (unpaired) electrons. The Labute approximate surface area is 200 Å². The van der Waals surface area contributed by atoms with E-state index in [1.165, 1.54) is 12.7 Å². The number of aryl methyl sites for hydroxylation is 1. The predicted octanol–water partition coefficient (Wildman–Crippen LogP) is 5.05. The molecule has 1 fully saturated rings. The minimum Gasteiger partial charge on any atom is -0.465 e. The quantitative estimate of drug-likeness (QED) is 0.392. The fraction of sp³-hybridized carbons (Fsp3) is 0.346. The van der Waals surface area contributed by atoms with E-state index in [1.807, 2.05) is 42.6 Å². The van der Waals surface area contributed by atoms with Gasteiger partial charge in [0.2, 0.25) is 0 Å². The number of carbonyl (C=O) groups excluding carboxylic acids is 1. The van der Waals surface area contributed by atoms with Crippen LogP contribution in [0.3, 0.4) is 0 Å². The second kappa shape index (κ2) is 9.75. The first-order valence-corrected chi connectivity index (χ1v) is 11.7. The van der Waals surface area contributed by atoms with Gasteiger partial charge < -0.3 is 19.5 Å². The van der Waals surface area contributed by atoms with Crippen molar-refractivity contribution < 1.29 is 9.53 Å². The van der Waals surface area contributed by atoms with E-state index in [0.717, 1.165) is 47.3 Å². The van der Waals surface area contributed by atoms with Crippen molar-refractivity contribution in [3.63, 3.8) is 0 Å². The molecule has 7 heteroatoms. The van der Waals surface area contributed by atoms with Gasteiger partial charge in [0.15, 0.2) is 5.11 Å². The second-order valence-electron chi connectivity index (χ2n) is 8.34. The minimum atomic E-state index is -0.348. The summed E-state index contributed by atoms with van der Waals surface area (Å²) >= 11 is 5.77. The molecule has 1 aliphatic heterocycles. The molecule has 0 bridgehead atoms. The molecule has 0 aliphatic carbocycles. The third kappa shape index (κ3) is 4.25. The van der Waals surface area contributed by atoms with Gasteiger partial charge in [0.1, 0.15) is 0 Å². The summed E-state index contributed by atoms with van der Waals surface area (Å²) in [7, 11) is 1.41. The van der Waals surface area contributed by atoms with Gasteiger partial charge in [-0.2, -0.15) is 0 Å². The van der Waals surface area contributed by atoms with Crippen molar-refractivity contribution in [2.45, 2.75) is 45.7 Å². The van der Waals surface area contributed by atoms with Crippen LogP contribution in [-0.2, 0) is 4.74 Å². The lowest BCUT2D eigenvalue weighted by Crippen LogP contribution is -2.30. The zero-order chi connectivity index (χ0) is 23.5. The van der Waals surface area contributed by atoms with Gasteiger partial charge in [0, 0.05) is 24.1 Å². The van der Waals surface area contributed by atoms with Crippen LogP contribution in [0.2, 0.25) is 0 Å². The summed E-state index contributed by atoms with van der Waals surface area (Å²) in [6.07, 6.45) is 3.96. The van der Waals surface area contributed by atoms with E-state index in [2.05, 4.69) is 46.6 Å². The molecule has 3 heterocycles. The number of benzene rings is 1. The highest BCUT2D eigenvalue weighted by molar-refractivity contribution is 7.80. The number of hydrogen-bond donors (Lipinski definition) is 1. The standard InChI is InChI=1S/C26H30N4O2S/c1-5-6-15-29-24(23(28-26(29)33)21-12-9-10-14-27-21)20-16-17(2)30(18(20)3)22-13-8-7-11-19(22)25(31)32-4/h7-14,16,23-24H,5-6,15H2,1-4H3,(H,28,33). The number of para-hydroxylation sites is 1. The number of hydrogen-bond acceptors (Lipinski definition) is 4. The van der Waals surface area contributed by atoms with Gasteiger partial charge in [-0.15, -0.1) is 0 Å². The summed E-state index contributed by atoms with van der Waals surface area (Å²) in [6.45, 7) is 7.23. The van der Waals surface area contributed by atoms with Crippen molar-refractivity contribution in [3.05, 3.63) is 82.9 Å². The second-order valence-corrected chi connectivity index (χ2v) is 8.73. The average Bonchev–Trinajstić information content (AvgIpc) is 3.32. The first-order valence-electron chi connectivity index (χ1n) is 11.3. The normalized spacial score (nSPS) is 17.8. The molecule has 0 spiro atoms. The number of nitrogens with zero attached hydrogens (tertiary/aromatic N) is 3. The van der Waals surface area contributed by atoms with Gasteiger partial charge in [0.05, 0.1) is 36.1 Å². The summed E-state index contributed by atoms with van der Waals surface area (Å²) in [5, 5.41) is 4.28. The molecule has 2 atom stereocenters. The van der Waals surface area contributed by atoms with Gasteiger partial charge in [-0.1, -0.05) is 31.5 Å². The Balaban J connectivity index is 1.85. The van der Waals surface area contributed by atoms with Gasteiger partial charge in [-0.25, -0.2) is 4.79 Å². The van der Waals surface area contributed by atoms with E-state index >= 15 is 0 Å². The Bertz CT molecular complexity index is 1160. The number of ether oxygens (including phenoxy) is 1. The van der Waals surface area contributed by atoms with E-state index in [-0.39, 0.29) is 18.1 Å². The molecular formula is C26H30N4O2S. The number of esters is 1. The Hall–Kier alpha value is -3.19. The number of rotatable bonds is 7. The molecule has 0 saturated carbocycles. The Morgan fingerprint density at radius 2 is 1.94 bits per heavy atom. The lowest BCUT2D eigenvalue weighted by Gasteiger charge is -2.28. The molecule has 172 valence electrons. The topological polar surface area (TPSA) is 59.4 Å². The van der Waals surface area contributed by atoms with Crippen LogP contribution >= 0.6 is 12.2 Å². The van der Waals surface area contributed by atoms with Crippen LogP contribution in [0.25, 0.3) is 5.69 Å². The summed E-state index contributed by atoms with van der Waals surface area (Å²) < 4.78 is 7.17. The molecule has 2 aromatic heterocycles. The number of nitrogens with one attached hydrogen (secondary N) is 1. The number of unbranched alkanes of at least 4 members (excludes halogenated alkanes) is 1. The smallest absolute Gasteiger partial charge is 0.339 e. The molecule has 1 saturated heterocycles. The van der Waals surface area contributed by atoms with Crippen molar-refractivity contribution in [2.75, 3.05) is 13.7 Å². The van der Waals surface area contributed by atoms with Crippen LogP contribution in [0.15, 0.2) is 54.7 Å². The lowest BCUT2D eigenvalue weighted by molar-refractivity contribution is 0.0600. The minimum absolute atomic E-state index is 0.00388. The van der Waals surface area contributed by atoms with Gasteiger partial charge in [0.25, 0.3) is 0 Å². The molecular weight excluding hydrogens is 432 g/mol.